The maximum Gasteiger partial charge on any atom is 0.349 e. The van der Waals surface area contributed by atoms with E-state index in [-0.39, 0.29) is 16.3 Å². The summed E-state index contributed by atoms with van der Waals surface area (Å²) in [4.78, 5) is 33.4. The minimum absolute atomic E-state index is 0.0513. The van der Waals surface area contributed by atoms with E-state index >= 15 is 0 Å². The van der Waals surface area contributed by atoms with Crippen molar-refractivity contribution in [3.8, 4) is 6.07 Å². The van der Waals surface area contributed by atoms with Crippen LogP contribution >= 0.6 is 11.3 Å². The first-order valence-electron chi connectivity index (χ1n) is 6.66. The first-order chi connectivity index (χ1) is 11.5. The van der Waals surface area contributed by atoms with Crippen molar-refractivity contribution in [1.82, 2.24) is 0 Å². The van der Waals surface area contributed by atoms with Crippen molar-refractivity contribution < 1.29 is 19.2 Å². The van der Waals surface area contributed by atoms with Crippen molar-refractivity contribution >= 4 is 33.9 Å². The van der Waals surface area contributed by atoms with Gasteiger partial charge in [0.25, 0.3) is 5.91 Å². The van der Waals surface area contributed by atoms with E-state index in [2.05, 4.69) is 5.32 Å². The van der Waals surface area contributed by atoms with Gasteiger partial charge in [-0.2, -0.15) is 5.26 Å². The number of nitrogens with one attached hydrogen (secondary N) is 1. The zero-order chi connectivity index (χ0) is 17.5. The summed E-state index contributed by atoms with van der Waals surface area (Å²) in [5.74, 6) is -1.34. The van der Waals surface area contributed by atoms with Crippen LogP contribution in [0.3, 0.4) is 0 Å². The molecule has 1 heterocycles. The number of esters is 1. The van der Waals surface area contributed by atoms with Gasteiger partial charge in [0.2, 0.25) is 0 Å². The second-order valence-electron chi connectivity index (χ2n) is 4.55. The number of anilines is 1. The highest BCUT2D eigenvalue weighted by Gasteiger charge is 2.17. The molecule has 0 atom stereocenters. The quantitative estimate of drug-likeness (QED) is 0.487. The van der Waals surface area contributed by atoms with E-state index in [1.165, 1.54) is 12.1 Å². The summed E-state index contributed by atoms with van der Waals surface area (Å²) in [6, 6.07) is 11.2. The van der Waals surface area contributed by atoms with E-state index < -0.39 is 23.4 Å². The van der Waals surface area contributed by atoms with Crippen molar-refractivity contribution in [2.45, 2.75) is 6.42 Å². The maximum absolute atomic E-state index is 11.7. The molecule has 1 aromatic carbocycles. The monoisotopic (exact) mass is 345 g/mol. The van der Waals surface area contributed by atoms with Gasteiger partial charge in [-0.25, -0.2) is 4.79 Å². The molecule has 8 nitrogen and oxygen atoms in total. The molecule has 1 aromatic heterocycles. The number of ether oxygens (including phenoxy) is 1. The molecule has 0 unspecified atom stereocenters. The Balaban J connectivity index is 1.84. The smallest absolute Gasteiger partial charge is 0.349 e. The Hall–Kier alpha value is -3.25. The molecule has 2 aromatic rings. The molecular weight excluding hydrogens is 334 g/mol. The molecule has 0 bridgehead atoms. The Morgan fingerprint density at radius 2 is 1.96 bits per heavy atom. The normalized spacial score (nSPS) is 9.79. The van der Waals surface area contributed by atoms with Crippen LogP contribution in [0.15, 0.2) is 36.4 Å². The highest BCUT2D eigenvalue weighted by Crippen LogP contribution is 2.24. The number of hydrogen-bond donors (Lipinski definition) is 1. The number of amides is 1. The predicted molar refractivity (Wildman–Crippen MR) is 85.6 cm³/mol. The maximum atomic E-state index is 11.7. The molecule has 0 saturated carbocycles. The van der Waals surface area contributed by atoms with Gasteiger partial charge in [-0.3, -0.25) is 14.9 Å². The number of carbonyl (C=O) groups excluding carboxylic acids is 2. The first-order valence-corrected chi connectivity index (χ1v) is 7.48. The summed E-state index contributed by atoms with van der Waals surface area (Å²) < 4.78 is 4.81. The average molecular weight is 345 g/mol. The highest BCUT2D eigenvalue weighted by molar-refractivity contribution is 7.17. The Kier molecular flexibility index (Phi) is 5.59. The number of hydrogen-bond acceptors (Lipinski definition) is 7. The Morgan fingerprint density at radius 1 is 1.25 bits per heavy atom. The number of nitro groups is 1. The van der Waals surface area contributed by atoms with Crippen LogP contribution in [0.2, 0.25) is 0 Å². The molecule has 2 rings (SSSR count). The number of carbonyl (C=O) groups is 2. The van der Waals surface area contributed by atoms with Crippen LogP contribution in [0.1, 0.15) is 15.2 Å². The van der Waals surface area contributed by atoms with Crippen molar-refractivity contribution in [2.75, 3.05) is 11.9 Å². The summed E-state index contributed by atoms with van der Waals surface area (Å²) in [5.41, 5.74) is 1.32. The third-order valence-corrected chi connectivity index (χ3v) is 3.85. The van der Waals surface area contributed by atoms with Crippen LogP contribution in [0.4, 0.5) is 10.7 Å². The van der Waals surface area contributed by atoms with Crippen molar-refractivity contribution in [3.05, 3.63) is 57.0 Å². The van der Waals surface area contributed by atoms with Crippen LogP contribution in [-0.2, 0) is 16.0 Å². The average Bonchev–Trinajstić information content (AvgIpc) is 3.05. The Labute approximate surface area is 140 Å². The Morgan fingerprint density at radius 3 is 2.54 bits per heavy atom. The number of rotatable bonds is 6. The van der Waals surface area contributed by atoms with Gasteiger partial charge in [0, 0.05) is 11.8 Å². The minimum Gasteiger partial charge on any atom is -0.451 e. The van der Waals surface area contributed by atoms with Gasteiger partial charge in [0.05, 0.1) is 17.4 Å². The SMILES string of the molecule is N#CCc1ccc(NC(=O)COC(=O)c2ccc([N+](=O)[O-])s2)cc1. The van der Waals surface area contributed by atoms with E-state index in [4.69, 9.17) is 10.00 Å². The predicted octanol–water partition coefficient (Wildman–Crippen LogP) is 2.52. The summed E-state index contributed by atoms with van der Waals surface area (Å²) in [7, 11) is 0. The fraction of sp³-hybridized carbons (Fsp3) is 0.133. The summed E-state index contributed by atoms with van der Waals surface area (Å²) in [5, 5.41) is 21.5. The fourth-order valence-electron chi connectivity index (χ4n) is 1.73. The van der Waals surface area contributed by atoms with Gasteiger partial charge in [0.15, 0.2) is 6.61 Å². The molecule has 0 radical (unpaired) electrons. The molecule has 0 fully saturated rings. The molecule has 122 valence electrons. The number of nitrogens with zero attached hydrogens (tertiary/aromatic N) is 2. The lowest BCUT2D eigenvalue weighted by atomic mass is 10.1. The number of benzene rings is 1. The second-order valence-corrected chi connectivity index (χ2v) is 5.61. The van der Waals surface area contributed by atoms with E-state index in [0.29, 0.717) is 17.0 Å². The standard InChI is InChI=1S/C15H11N3O5S/c16-8-7-10-1-3-11(4-2-10)17-13(19)9-23-15(20)12-5-6-14(24-12)18(21)22/h1-6H,7,9H2,(H,17,19). The van der Waals surface area contributed by atoms with Gasteiger partial charge in [0.1, 0.15) is 4.88 Å². The van der Waals surface area contributed by atoms with Crippen LogP contribution in [-0.4, -0.2) is 23.4 Å². The van der Waals surface area contributed by atoms with Gasteiger partial charge >= 0.3 is 11.0 Å². The molecule has 0 aliphatic rings. The molecule has 1 amide bonds. The first kappa shape index (κ1) is 17.1. The van der Waals surface area contributed by atoms with Crippen molar-refractivity contribution in [3.63, 3.8) is 0 Å². The van der Waals surface area contributed by atoms with Gasteiger partial charge in [-0.1, -0.05) is 23.5 Å². The number of thiophene rings is 1. The lowest BCUT2D eigenvalue weighted by molar-refractivity contribution is -0.380. The third-order valence-electron chi connectivity index (χ3n) is 2.83. The molecule has 0 aliphatic heterocycles. The molecule has 24 heavy (non-hydrogen) atoms. The van der Waals surface area contributed by atoms with E-state index in [9.17, 15) is 19.7 Å². The highest BCUT2D eigenvalue weighted by atomic mass is 32.1. The summed E-state index contributed by atoms with van der Waals surface area (Å²) in [6.07, 6.45) is 0.277. The van der Waals surface area contributed by atoms with Crippen LogP contribution in [0, 0.1) is 21.4 Å². The van der Waals surface area contributed by atoms with Crippen molar-refractivity contribution in [2.24, 2.45) is 0 Å². The minimum atomic E-state index is -0.799. The van der Waals surface area contributed by atoms with Crippen LogP contribution in [0.5, 0.6) is 0 Å². The molecule has 9 heteroatoms. The van der Waals surface area contributed by atoms with Gasteiger partial charge in [-0.15, -0.1) is 0 Å². The van der Waals surface area contributed by atoms with E-state index in [0.717, 1.165) is 5.56 Å². The van der Waals surface area contributed by atoms with E-state index in [1.807, 2.05) is 6.07 Å². The second kappa shape index (κ2) is 7.85. The van der Waals surface area contributed by atoms with Crippen LogP contribution < -0.4 is 5.32 Å². The molecule has 0 aliphatic carbocycles. The molecule has 0 saturated heterocycles. The van der Waals surface area contributed by atoms with Crippen LogP contribution in [0.25, 0.3) is 0 Å². The van der Waals surface area contributed by atoms with Crippen molar-refractivity contribution in [1.29, 1.82) is 5.26 Å². The molecule has 1 N–H and O–H groups in total. The summed E-state index contributed by atoms with van der Waals surface area (Å²) >= 11 is 0.679. The zero-order valence-electron chi connectivity index (χ0n) is 12.2. The lowest BCUT2D eigenvalue weighted by Crippen LogP contribution is -2.20. The fourth-order valence-corrected chi connectivity index (χ4v) is 2.45. The number of nitriles is 1. The molecule has 0 spiro atoms. The topological polar surface area (TPSA) is 122 Å². The van der Waals surface area contributed by atoms with Gasteiger partial charge < -0.3 is 10.1 Å². The largest absolute Gasteiger partial charge is 0.451 e. The van der Waals surface area contributed by atoms with Gasteiger partial charge in [-0.05, 0) is 23.8 Å². The lowest BCUT2D eigenvalue weighted by Gasteiger charge is -2.06. The Bertz CT molecular complexity index is 807. The third kappa shape index (κ3) is 4.62. The summed E-state index contributed by atoms with van der Waals surface area (Å²) in [6.45, 7) is -0.509. The zero-order valence-corrected chi connectivity index (χ0v) is 13.0. The molecular formula is C15H11N3O5S. The van der Waals surface area contributed by atoms with E-state index in [1.54, 1.807) is 24.3 Å².